The molecule has 0 aliphatic carbocycles. The maximum Gasteiger partial charge on any atom is 0.416 e. The van der Waals surface area contributed by atoms with E-state index in [1.54, 1.807) is 6.92 Å². The molecule has 0 radical (unpaired) electrons. The first-order chi connectivity index (χ1) is 11.7. The minimum atomic E-state index is -4.46. The van der Waals surface area contributed by atoms with E-state index in [0.717, 1.165) is 23.3 Å². The summed E-state index contributed by atoms with van der Waals surface area (Å²) in [4.78, 5) is 12.4. The van der Waals surface area contributed by atoms with Crippen molar-refractivity contribution in [1.82, 2.24) is 0 Å². The molecular weight excluding hydrogens is 331 g/mol. The monoisotopic (exact) mass is 351 g/mol. The second kappa shape index (κ2) is 7.59. The Morgan fingerprint density at radius 3 is 2.32 bits per heavy atom. The van der Waals surface area contributed by atoms with Gasteiger partial charge in [0.2, 0.25) is 0 Å². The van der Waals surface area contributed by atoms with E-state index in [2.05, 4.69) is 5.32 Å². The van der Waals surface area contributed by atoms with E-state index in [4.69, 9.17) is 4.74 Å². The smallest absolute Gasteiger partial charge is 0.416 e. The number of hydrogen-bond acceptors (Lipinski definition) is 2. The Bertz CT molecular complexity index is 736. The molecule has 0 unspecified atom stereocenters. The highest BCUT2D eigenvalue weighted by molar-refractivity contribution is 5.94. The Morgan fingerprint density at radius 2 is 1.76 bits per heavy atom. The molecule has 0 aromatic heterocycles. The summed E-state index contributed by atoms with van der Waals surface area (Å²) in [7, 11) is 0. The van der Waals surface area contributed by atoms with E-state index in [1.165, 1.54) is 12.1 Å². The molecule has 0 spiro atoms. The van der Waals surface area contributed by atoms with Crippen LogP contribution in [0.25, 0.3) is 0 Å². The highest BCUT2D eigenvalue weighted by atomic mass is 19.4. The first kappa shape index (κ1) is 18.8. The average molecular weight is 351 g/mol. The molecule has 0 saturated heterocycles. The van der Waals surface area contributed by atoms with Crippen molar-refractivity contribution in [3.8, 4) is 5.75 Å². The van der Waals surface area contributed by atoms with Crippen LogP contribution < -0.4 is 10.1 Å². The topological polar surface area (TPSA) is 38.3 Å². The molecule has 0 saturated carbocycles. The maximum atomic E-state index is 12.8. The van der Waals surface area contributed by atoms with Crippen molar-refractivity contribution in [2.45, 2.75) is 39.5 Å². The standard InChI is InChI=1S/C19H20F3NO2/c1-4-17(25-16-9-12(2)8-13(3)10-16)18(24)23-15-7-5-6-14(11-15)19(20,21)22/h5-11,17H,4H2,1-3H3,(H,23,24)/t17-/m1/s1. The Kier molecular flexibility index (Phi) is 5.72. The Morgan fingerprint density at radius 1 is 1.12 bits per heavy atom. The second-order valence-electron chi connectivity index (χ2n) is 5.91. The van der Waals surface area contributed by atoms with Crippen LogP contribution in [0.5, 0.6) is 5.75 Å². The molecule has 134 valence electrons. The molecule has 3 nitrogen and oxygen atoms in total. The number of halogens is 3. The minimum absolute atomic E-state index is 0.0855. The first-order valence-corrected chi connectivity index (χ1v) is 7.92. The van der Waals surface area contributed by atoms with Crippen LogP contribution in [0.3, 0.4) is 0 Å². The largest absolute Gasteiger partial charge is 0.481 e. The number of alkyl halides is 3. The molecule has 1 atom stereocenters. The lowest BCUT2D eigenvalue weighted by Crippen LogP contribution is -2.32. The van der Waals surface area contributed by atoms with Gasteiger partial charge in [-0.25, -0.2) is 0 Å². The molecule has 2 aromatic carbocycles. The molecule has 0 aliphatic rings. The van der Waals surface area contributed by atoms with E-state index in [0.29, 0.717) is 12.2 Å². The molecular formula is C19H20F3NO2. The zero-order valence-corrected chi connectivity index (χ0v) is 14.3. The summed E-state index contributed by atoms with van der Waals surface area (Å²) in [6.07, 6.45) is -4.87. The number of benzene rings is 2. The summed E-state index contributed by atoms with van der Waals surface area (Å²) < 4.78 is 44.0. The van der Waals surface area contributed by atoms with Crippen LogP contribution in [0.1, 0.15) is 30.0 Å². The summed E-state index contributed by atoms with van der Waals surface area (Å²) in [6, 6.07) is 10.1. The van der Waals surface area contributed by atoms with Gasteiger partial charge in [-0.3, -0.25) is 4.79 Å². The average Bonchev–Trinajstić information content (AvgIpc) is 2.51. The summed E-state index contributed by atoms with van der Waals surface area (Å²) >= 11 is 0. The van der Waals surface area contributed by atoms with Crippen LogP contribution in [0.15, 0.2) is 42.5 Å². The van der Waals surface area contributed by atoms with Crippen LogP contribution in [-0.2, 0) is 11.0 Å². The summed E-state index contributed by atoms with van der Waals surface area (Å²) in [5, 5.41) is 2.49. The Hall–Kier alpha value is -2.50. The molecule has 6 heteroatoms. The lowest BCUT2D eigenvalue weighted by Gasteiger charge is -2.18. The predicted octanol–water partition coefficient (Wildman–Crippen LogP) is 5.12. The van der Waals surface area contributed by atoms with Crippen molar-refractivity contribution in [3.05, 3.63) is 59.2 Å². The minimum Gasteiger partial charge on any atom is -0.481 e. The Balaban J connectivity index is 2.12. The maximum absolute atomic E-state index is 12.8. The lowest BCUT2D eigenvalue weighted by molar-refractivity contribution is -0.137. The Labute approximate surface area is 144 Å². The van der Waals surface area contributed by atoms with Gasteiger partial charge < -0.3 is 10.1 Å². The van der Waals surface area contributed by atoms with Gasteiger partial charge in [-0.1, -0.05) is 19.1 Å². The lowest BCUT2D eigenvalue weighted by atomic mass is 10.1. The summed E-state index contributed by atoms with van der Waals surface area (Å²) in [5.41, 5.74) is 1.28. The molecule has 2 rings (SSSR count). The van der Waals surface area contributed by atoms with Crippen LogP contribution in [-0.4, -0.2) is 12.0 Å². The zero-order valence-electron chi connectivity index (χ0n) is 14.3. The van der Waals surface area contributed by atoms with Gasteiger partial charge in [0.25, 0.3) is 5.91 Å². The first-order valence-electron chi connectivity index (χ1n) is 7.92. The molecule has 1 N–H and O–H groups in total. The quantitative estimate of drug-likeness (QED) is 0.812. The van der Waals surface area contributed by atoms with Crippen molar-refractivity contribution in [2.75, 3.05) is 5.32 Å². The molecule has 2 aromatic rings. The number of rotatable bonds is 5. The third-order valence-electron chi connectivity index (χ3n) is 3.59. The molecule has 0 aliphatic heterocycles. The van der Waals surface area contributed by atoms with Crippen molar-refractivity contribution >= 4 is 11.6 Å². The van der Waals surface area contributed by atoms with Crippen molar-refractivity contribution in [2.24, 2.45) is 0 Å². The SMILES string of the molecule is CC[C@@H](Oc1cc(C)cc(C)c1)C(=O)Nc1cccc(C(F)(F)F)c1. The van der Waals surface area contributed by atoms with E-state index >= 15 is 0 Å². The van der Waals surface area contributed by atoms with Gasteiger partial charge >= 0.3 is 6.18 Å². The van der Waals surface area contributed by atoms with E-state index in [-0.39, 0.29) is 5.69 Å². The van der Waals surface area contributed by atoms with Crippen molar-refractivity contribution in [1.29, 1.82) is 0 Å². The van der Waals surface area contributed by atoms with E-state index in [9.17, 15) is 18.0 Å². The molecule has 25 heavy (non-hydrogen) atoms. The summed E-state index contributed by atoms with van der Waals surface area (Å²) in [6.45, 7) is 5.62. The molecule has 1 amide bonds. The van der Waals surface area contributed by atoms with Crippen molar-refractivity contribution in [3.63, 3.8) is 0 Å². The predicted molar refractivity (Wildman–Crippen MR) is 90.7 cm³/mol. The number of hydrogen-bond donors (Lipinski definition) is 1. The number of amides is 1. The van der Waals surface area contributed by atoms with Crippen molar-refractivity contribution < 1.29 is 22.7 Å². The fraction of sp³-hybridized carbons (Fsp3) is 0.316. The number of ether oxygens (including phenoxy) is 1. The van der Waals surface area contributed by atoms with Gasteiger partial charge in [0.1, 0.15) is 5.75 Å². The van der Waals surface area contributed by atoms with Gasteiger partial charge in [0.05, 0.1) is 5.56 Å². The highest BCUT2D eigenvalue weighted by Crippen LogP contribution is 2.30. The van der Waals surface area contributed by atoms with Crippen LogP contribution >= 0.6 is 0 Å². The second-order valence-corrected chi connectivity index (χ2v) is 5.91. The summed E-state index contributed by atoms with van der Waals surface area (Å²) in [5.74, 6) is 0.0736. The van der Waals surface area contributed by atoms with Gasteiger partial charge in [0.15, 0.2) is 6.10 Å². The third-order valence-corrected chi connectivity index (χ3v) is 3.59. The zero-order chi connectivity index (χ0) is 18.6. The van der Waals surface area contributed by atoms with Crippen LogP contribution in [0.4, 0.5) is 18.9 Å². The number of nitrogens with one attached hydrogen (secondary N) is 1. The number of aryl methyl sites for hydroxylation is 2. The molecule has 0 heterocycles. The fourth-order valence-electron chi connectivity index (χ4n) is 2.48. The molecule has 0 fully saturated rings. The van der Waals surface area contributed by atoms with Crippen LogP contribution in [0, 0.1) is 13.8 Å². The molecule has 0 bridgehead atoms. The van der Waals surface area contributed by atoms with Gasteiger partial charge in [0, 0.05) is 5.69 Å². The number of anilines is 1. The fourth-order valence-corrected chi connectivity index (χ4v) is 2.48. The highest BCUT2D eigenvalue weighted by Gasteiger charge is 2.30. The number of carbonyl (C=O) groups is 1. The third kappa shape index (κ3) is 5.24. The van der Waals surface area contributed by atoms with Gasteiger partial charge in [-0.15, -0.1) is 0 Å². The van der Waals surface area contributed by atoms with Crippen LogP contribution in [0.2, 0.25) is 0 Å². The normalized spacial score (nSPS) is 12.6. The number of carbonyl (C=O) groups excluding carboxylic acids is 1. The van der Waals surface area contributed by atoms with E-state index < -0.39 is 23.8 Å². The van der Waals surface area contributed by atoms with E-state index in [1.807, 2.05) is 32.0 Å². The van der Waals surface area contributed by atoms with Gasteiger partial charge in [-0.2, -0.15) is 13.2 Å². The van der Waals surface area contributed by atoms with Gasteiger partial charge in [-0.05, 0) is 61.7 Å².